The Morgan fingerprint density at radius 1 is 0.647 bits per heavy atom. The SMILES string of the molecule is O=C(Oc1ccccc1-c1ccccc1)[C@@H](Cc1ccccc1)N1C(=O)c2ccccc2C1=O. The first-order valence-corrected chi connectivity index (χ1v) is 11.0. The number of esters is 1. The molecule has 5 nitrogen and oxygen atoms in total. The smallest absolute Gasteiger partial charge is 0.335 e. The van der Waals surface area contributed by atoms with Crippen molar-refractivity contribution in [2.45, 2.75) is 12.5 Å². The zero-order valence-electron chi connectivity index (χ0n) is 18.3. The van der Waals surface area contributed by atoms with Gasteiger partial charge in [-0.15, -0.1) is 0 Å². The summed E-state index contributed by atoms with van der Waals surface area (Å²) in [6, 6.07) is 31.6. The van der Waals surface area contributed by atoms with Crippen molar-refractivity contribution in [1.29, 1.82) is 0 Å². The normalized spacial score (nSPS) is 13.5. The van der Waals surface area contributed by atoms with Gasteiger partial charge in [0.15, 0.2) is 0 Å². The summed E-state index contributed by atoms with van der Waals surface area (Å²) in [5.41, 5.74) is 3.05. The number of fused-ring (bicyclic) bond motifs is 1. The van der Waals surface area contributed by atoms with Crippen molar-refractivity contribution in [1.82, 2.24) is 4.90 Å². The molecule has 0 spiro atoms. The van der Waals surface area contributed by atoms with Crippen LogP contribution in [-0.4, -0.2) is 28.7 Å². The Bertz CT molecular complexity index is 1330. The monoisotopic (exact) mass is 447 g/mol. The molecule has 0 radical (unpaired) electrons. The summed E-state index contributed by atoms with van der Waals surface area (Å²) < 4.78 is 5.86. The van der Waals surface area contributed by atoms with Crippen LogP contribution in [0, 0.1) is 0 Å². The van der Waals surface area contributed by atoms with E-state index < -0.39 is 23.8 Å². The number of imide groups is 1. The number of nitrogens with zero attached hydrogens (tertiary/aromatic N) is 1. The number of hydrogen-bond acceptors (Lipinski definition) is 4. The van der Waals surface area contributed by atoms with E-state index in [1.807, 2.05) is 72.8 Å². The van der Waals surface area contributed by atoms with Gasteiger partial charge < -0.3 is 4.74 Å². The molecule has 0 saturated heterocycles. The minimum absolute atomic E-state index is 0.151. The Labute approximate surface area is 197 Å². The summed E-state index contributed by atoms with van der Waals surface area (Å²) in [7, 11) is 0. The molecule has 34 heavy (non-hydrogen) atoms. The summed E-state index contributed by atoms with van der Waals surface area (Å²) in [5.74, 6) is -1.28. The first-order chi connectivity index (χ1) is 16.6. The second-order valence-electron chi connectivity index (χ2n) is 8.01. The lowest BCUT2D eigenvalue weighted by Gasteiger charge is -2.25. The molecule has 2 amide bonds. The molecule has 0 fully saturated rings. The largest absolute Gasteiger partial charge is 0.424 e. The van der Waals surface area contributed by atoms with Gasteiger partial charge in [-0.3, -0.25) is 14.5 Å². The van der Waals surface area contributed by atoms with Crippen LogP contribution in [0.25, 0.3) is 11.1 Å². The van der Waals surface area contributed by atoms with E-state index in [1.54, 1.807) is 36.4 Å². The number of rotatable bonds is 6. The molecule has 0 unspecified atom stereocenters. The van der Waals surface area contributed by atoms with Crippen LogP contribution in [0.15, 0.2) is 109 Å². The molecule has 166 valence electrons. The zero-order chi connectivity index (χ0) is 23.5. The van der Waals surface area contributed by atoms with Crippen molar-refractivity contribution in [3.05, 3.63) is 126 Å². The minimum atomic E-state index is -1.11. The lowest BCUT2D eigenvalue weighted by molar-refractivity contribution is -0.138. The maximum absolute atomic E-state index is 13.6. The van der Waals surface area contributed by atoms with Gasteiger partial charge in [-0.05, 0) is 29.3 Å². The summed E-state index contributed by atoms with van der Waals surface area (Å²) in [5, 5.41) is 0. The van der Waals surface area contributed by atoms with Gasteiger partial charge in [0, 0.05) is 12.0 Å². The first kappa shape index (κ1) is 21.3. The summed E-state index contributed by atoms with van der Waals surface area (Å²) in [4.78, 5) is 41.0. The predicted octanol–water partition coefficient (Wildman–Crippen LogP) is 5.17. The van der Waals surface area contributed by atoms with Crippen LogP contribution in [0.1, 0.15) is 26.3 Å². The second-order valence-corrected chi connectivity index (χ2v) is 8.01. The van der Waals surface area contributed by atoms with Gasteiger partial charge in [0.25, 0.3) is 11.8 Å². The van der Waals surface area contributed by atoms with Crippen LogP contribution >= 0.6 is 0 Å². The molecule has 0 saturated carbocycles. The lowest BCUT2D eigenvalue weighted by atomic mass is 10.0. The molecule has 1 atom stereocenters. The average molecular weight is 447 g/mol. The fourth-order valence-electron chi connectivity index (χ4n) is 4.20. The number of carbonyl (C=O) groups is 3. The average Bonchev–Trinajstić information content (AvgIpc) is 3.14. The Hall–Kier alpha value is -4.51. The van der Waals surface area contributed by atoms with Gasteiger partial charge in [0.1, 0.15) is 11.8 Å². The van der Waals surface area contributed by atoms with E-state index in [2.05, 4.69) is 0 Å². The molecule has 1 aliphatic rings. The molecule has 5 rings (SSSR count). The van der Waals surface area contributed by atoms with E-state index >= 15 is 0 Å². The third-order valence-corrected chi connectivity index (χ3v) is 5.86. The predicted molar refractivity (Wildman–Crippen MR) is 128 cm³/mol. The van der Waals surface area contributed by atoms with Gasteiger partial charge in [0.2, 0.25) is 0 Å². The highest BCUT2D eigenvalue weighted by Crippen LogP contribution is 2.31. The van der Waals surface area contributed by atoms with E-state index in [4.69, 9.17) is 4.74 Å². The van der Waals surface area contributed by atoms with E-state index in [0.29, 0.717) is 16.9 Å². The van der Waals surface area contributed by atoms with Gasteiger partial charge in [0.05, 0.1) is 11.1 Å². The van der Waals surface area contributed by atoms with Gasteiger partial charge >= 0.3 is 5.97 Å². The van der Waals surface area contributed by atoms with Crippen LogP contribution in [0.4, 0.5) is 0 Å². The topological polar surface area (TPSA) is 63.7 Å². The van der Waals surface area contributed by atoms with Crippen molar-refractivity contribution < 1.29 is 19.1 Å². The molecule has 0 aromatic heterocycles. The summed E-state index contributed by atoms with van der Waals surface area (Å²) >= 11 is 0. The van der Waals surface area contributed by atoms with Crippen molar-refractivity contribution >= 4 is 17.8 Å². The van der Waals surface area contributed by atoms with E-state index in [0.717, 1.165) is 21.6 Å². The molecule has 5 heteroatoms. The number of benzene rings is 4. The Balaban J connectivity index is 1.51. The van der Waals surface area contributed by atoms with Gasteiger partial charge in [-0.25, -0.2) is 4.79 Å². The van der Waals surface area contributed by atoms with Gasteiger partial charge in [-0.2, -0.15) is 0 Å². The Kier molecular flexibility index (Phi) is 5.75. The van der Waals surface area contributed by atoms with Crippen LogP contribution in [0.2, 0.25) is 0 Å². The number of para-hydroxylation sites is 1. The van der Waals surface area contributed by atoms with E-state index in [1.165, 1.54) is 0 Å². The maximum atomic E-state index is 13.6. The molecular weight excluding hydrogens is 426 g/mol. The number of amides is 2. The molecule has 1 aliphatic heterocycles. The Morgan fingerprint density at radius 3 is 1.76 bits per heavy atom. The maximum Gasteiger partial charge on any atom is 0.335 e. The van der Waals surface area contributed by atoms with Crippen molar-refractivity contribution in [3.63, 3.8) is 0 Å². The first-order valence-electron chi connectivity index (χ1n) is 11.0. The van der Waals surface area contributed by atoms with Crippen LogP contribution in [0.3, 0.4) is 0 Å². The Morgan fingerprint density at radius 2 is 1.15 bits per heavy atom. The fraction of sp³-hybridized carbons (Fsp3) is 0.0690. The van der Waals surface area contributed by atoms with Crippen molar-refractivity contribution in [2.24, 2.45) is 0 Å². The third kappa shape index (κ3) is 3.99. The molecule has 4 aromatic rings. The van der Waals surface area contributed by atoms with E-state index in [-0.39, 0.29) is 6.42 Å². The van der Waals surface area contributed by atoms with Crippen LogP contribution < -0.4 is 4.74 Å². The van der Waals surface area contributed by atoms with Crippen molar-refractivity contribution in [3.8, 4) is 16.9 Å². The van der Waals surface area contributed by atoms with Crippen LogP contribution in [0.5, 0.6) is 5.75 Å². The molecule has 0 bridgehead atoms. The van der Waals surface area contributed by atoms with Crippen molar-refractivity contribution in [2.75, 3.05) is 0 Å². The molecule has 0 aliphatic carbocycles. The number of ether oxygens (including phenoxy) is 1. The van der Waals surface area contributed by atoms with E-state index in [9.17, 15) is 14.4 Å². The standard InChI is InChI=1S/C29H21NO4/c31-27-23-16-7-8-17-24(23)28(32)30(27)25(19-20-11-3-1-4-12-20)29(33)34-26-18-10-9-15-22(26)21-13-5-2-6-14-21/h1-18,25H,19H2/t25-/m1/s1. The number of hydrogen-bond donors (Lipinski definition) is 0. The molecule has 1 heterocycles. The van der Waals surface area contributed by atoms with Crippen LogP contribution in [-0.2, 0) is 11.2 Å². The quantitative estimate of drug-likeness (QED) is 0.233. The number of carbonyl (C=O) groups excluding carboxylic acids is 3. The van der Waals surface area contributed by atoms with Gasteiger partial charge in [-0.1, -0.05) is 91.0 Å². The minimum Gasteiger partial charge on any atom is -0.424 e. The highest BCUT2D eigenvalue weighted by molar-refractivity contribution is 6.22. The summed E-state index contributed by atoms with van der Waals surface area (Å²) in [6.07, 6.45) is 0.151. The molecule has 0 N–H and O–H groups in total. The third-order valence-electron chi connectivity index (χ3n) is 5.86. The highest BCUT2D eigenvalue weighted by Gasteiger charge is 2.43. The summed E-state index contributed by atoms with van der Waals surface area (Å²) in [6.45, 7) is 0. The second kappa shape index (κ2) is 9.16. The lowest BCUT2D eigenvalue weighted by Crippen LogP contribution is -2.48. The highest BCUT2D eigenvalue weighted by atomic mass is 16.5. The molecule has 4 aromatic carbocycles. The molecular formula is C29H21NO4. The fourth-order valence-corrected chi connectivity index (χ4v) is 4.20. The zero-order valence-corrected chi connectivity index (χ0v) is 18.3.